The smallest absolute Gasteiger partial charge is 0.0302 e. The number of rotatable bonds is 6. The molecule has 0 radical (unpaired) electrons. The van der Waals surface area contributed by atoms with Crippen LogP contribution < -0.4 is 5.73 Å². The van der Waals surface area contributed by atoms with E-state index in [1.807, 2.05) is 20.0 Å². The lowest BCUT2D eigenvalue weighted by Gasteiger charge is -2.22. The summed E-state index contributed by atoms with van der Waals surface area (Å²) >= 11 is 0. The second kappa shape index (κ2) is 6.30. The first-order valence-corrected chi connectivity index (χ1v) is 5.02. The normalized spacial score (nSPS) is 11.7. The lowest BCUT2D eigenvalue weighted by Crippen LogP contribution is -2.27. The lowest BCUT2D eigenvalue weighted by molar-refractivity contribution is 0.331. The Bertz CT molecular complexity index is 264. The highest BCUT2D eigenvalue weighted by atomic mass is 15.2. The van der Waals surface area contributed by atoms with Crippen LogP contribution in [0.2, 0.25) is 0 Å². The predicted octanol–water partition coefficient (Wildman–Crippen LogP) is 1.41. The highest BCUT2D eigenvalue weighted by Crippen LogP contribution is 2.07. The van der Waals surface area contributed by atoms with Crippen molar-refractivity contribution in [2.75, 3.05) is 34.2 Å². The second-order valence-electron chi connectivity index (χ2n) is 4.07. The first-order valence-electron chi connectivity index (χ1n) is 5.02. The van der Waals surface area contributed by atoms with E-state index in [-0.39, 0.29) is 0 Å². The van der Waals surface area contributed by atoms with Crippen molar-refractivity contribution in [3.63, 3.8) is 0 Å². The molecule has 0 aliphatic heterocycles. The van der Waals surface area contributed by atoms with Crippen LogP contribution in [-0.4, -0.2) is 44.0 Å². The summed E-state index contributed by atoms with van der Waals surface area (Å²) in [5.41, 5.74) is 8.10. The summed E-state index contributed by atoms with van der Waals surface area (Å²) in [6, 6.07) is 0. The van der Waals surface area contributed by atoms with Crippen molar-refractivity contribution < 1.29 is 0 Å². The van der Waals surface area contributed by atoms with E-state index in [1.54, 1.807) is 0 Å². The van der Waals surface area contributed by atoms with E-state index in [9.17, 15) is 0 Å². The van der Waals surface area contributed by atoms with Crippen molar-refractivity contribution in [3.8, 4) is 0 Å². The minimum atomic E-state index is 0.595. The Morgan fingerprint density at radius 1 is 1.20 bits per heavy atom. The molecule has 2 N–H and O–H groups in total. The van der Waals surface area contributed by atoms with E-state index in [0.29, 0.717) is 5.70 Å². The van der Waals surface area contributed by atoms with E-state index in [2.05, 4.69) is 37.1 Å². The van der Waals surface area contributed by atoms with Crippen molar-refractivity contribution in [2.45, 2.75) is 6.92 Å². The van der Waals surface area contributed by atoms with Crippen LogP contribution >= 0.6 is 0 Å². The average Bonchev–Trinajstić information content (AvgIpc) is 2.13. The Morgan fingerprint density at radius 2 is 1.73 bits per heavy atom. The van der Waals surface area contributed by atoms with Gasteiger partial charge < -0.3 is 15.5 Å². The summed E-state index contributed by atoms with van der Waals surface area (Å²) in [6.45, 7) is 11.6. The van der Waals surface area contributed by atoms with E-state index in [1.165, 1.54) is 0 Å². The minimum absolute atomic E-state index is 0.595. The van der Waals surface area contributed by atoms with Gasteiger partial charge in [-0.05, 0) is 32.7 Å². The molecule has 0 aromatic carbocycles. The van der Waals surface area contributed by atoms with Gasteiger partial charge >= 0.3 is 0 Å². The fourth-order valence-corrected chi connectivity index (χ4v) is 0.946. The monoisotopic (exact) mass is 209 g/mol. The van der Waals surface area contributed by atoms with Crippen LogP contribution in [0.1, 0.15) is 6.92 Å². The van der Waals surface area contributed by atoms with Crippen LogP contribution in [0.3, 0.4) is 0 Å². The molecule has 0 aliphatic rings. The number of nitrogens with zero attached hydrogens (tertiary/aromatic N) is 2. The van der Waals surface area contributed by atoms with Crippen molar-refractivity contribution in [2.24, 2.45) is 5.73 Å². The zero-order chi connectivity index (χ0) is 12.0. The molecule has 0 aromatic heterocycles. The second-order valence-corrected chi connectivity index (χ2v) is 4.07. The summed E-state index contributed by atoms with van der Waals surface area (Å²) in [5.74, 6) is 0. The first-order chi connectivity index (χ1) is 6.84. The molecule has 0 fully saturated rings. The van der Waals surface area contributed by atoms with Crippen molar-refractivity contribution >= 4 is 0 Å². The van der Waals surface area contributed by atoms with E-state index < -0.39 is 0 Å². The van der Waals surface area contributed by atoms with E-state index in [4.69, 9.17) is 5.73 Å². The van der Waals surface area contributed by atoms with Gasteiger partial charge in [0.25, 0.3) is 0 Å². The maximum Gasteiger partial charge on any atom is 0.0302 e. The molecule has 0 atom stereocenters. The minimum Gasteiger partial charge on any atom is -0.399 e. The van der Waals surface area contributed by atoms with Crippen molar-refractivity contribution in [3.05, 3.63) is 36.2 Å². The quantitative estimate of drug-likeness (QED) is 0.671. The van der Waals surface area contributed by atoms with Gasteiger partial charge in [0, 0.05) is 31.5 Å². The molecule has 86 valence electrons. The molecule has 3 heteroatoms. The standard InChI is InChI=1S/C12H23N3/c1-10(12(3)13)9-11(2)15(6)8-7-14(4)5/h9H,2-3,7-8,13H2,1,4-6H3/b10-9-. The molecule has 0 aromatic rings. The molecular formula is C12H23N3. The molecule has 0 spiro atoms. The summed E-state index contributed by atoms with van der Waals surface area (Å²) < 4.78 is 0. The number of nitrogens with two attached hydrogens (primary N) is 1. The SMILES string of the molecule is C=C(N)/C(C)=C\C(=C)N(C)CCN(C)C. The summed E-state index contributed by atoms with van der Waals surface area (Å²) in [6.07, 6.45) is 1.96. The summed E-state index contributed by atoms with van der Waals surface area (Å²) in [7, 11) is 6.13. The van der Waals surface area contributed by atoms with Crippen LogP contribution in [0, 0.1) is 0 Å². The largest absolute Gasteiger partial charge is 0.399 e. The fraction of sp³-hybridized carbons (Fsp3) is 0.500. The molecule has 0 saturated heterocycles. The predicted molar refractivity (Wildman–Crippen MR) is 67.4 cm³/mol. The number of hydrogen-bond acceptors (Lipinski definition) is 3. The average molecular weight is 209 g/mol. The topological polar surface area (TPSA) is 32.5 Å². The van der Waals surface area contributed by atoms with Crippen molar-refractivity contribution in [1.82, 2.24) is 9.80 Å². The molecule has 0 aliphatic carbocycles. The maximum atomic E-state index is 5.58. The molecule has 3 nitrogen and oxygen atoms in total. The number of hydrogen-bond donors (Lipinski definition) is 1. The van der Waals surface area contributed by atoms with Gasteiger partial charge in [0.15, 0.2) is 0 Å². The van der Waals surface area contributed by atoms with Crippen LogP contribution in [0.4, 0.5) is 0 Å². The number of likely N-dealkylation sites (N-methyl/N-ethyl adjacent to an activating group) is 2. The van der Waals surface area contributed by atoms with Crippen LogP contribution in [0.15, 0.2) is 36.2 Å². The highest BCUT2D eigenvalue weighted by Gasteiger charge is 2.01. The van der Waals surface area contributed by atoms with Crippen LogP contribution in [0.25, 0.3) is 0 Å². The van der Waals surface area contributed by atoms with Gasteiger partial charge in [0.2, 0.25) is 0 Å². The highest BCUT2D eigenvalue weighted by molar-refractivity contribution is 5.30. The van der Waals surface area contributed by atoms with E-state index in [0.717, 1.165) is 24.4 Å². The fourth-order valence-electron chi connectivity index (χ4n) is 0.946. The molecular weight excluding hydrogens is 186 g/mol. The molecule has 0 unspecified atom stereocenters. The van der Waals surface area contributed by atoms with Gasteiger partial charge in [-0.1, -0.05) is 13.2 Å². The van der Waals surface area contributed by atoms with Gasteiger partial charge in [0.1, 0.15) is 0 Å². The Kier molecular flexibility index (Phi) is 5.79. The number of allylic oxidation sites excluding steroid dienone is 2. The van der Waals surface area contributed by atoms with Gasteiger partial charge in [-0.25, -0.2) is 0 Å². The zero-order valence-electron chi connectivity index (χ0n) is 10.4. The third-order valence-corrected chi connectivity index (χ3v) is 2.26. The molecule has 0 rings (SSSR count). The summed E-state index contributed by atoms with van der Waals surface area (Å²) in [4.78, 5) is 4.24. The lowest BCUT2D eigenvalue weighted by atomic mass is 10.2. The molecule has 0 amide bonds. The molecule has 0 saturated carbocycles. The van der Waals surface area contributed by atoms with Gasteiger partial charge in [-0.15, -0.1) is 0 Å². The Balaban J connectivity index is 4.21. The van der Waals surface area contributed by atoms with E-state index >= 15 is 0 Å². The summed E-state index contributed by atoms with van der Waals surface area (Å²) in [5, 5.41) is 0. The maximum absolute atomic E-state index is 5.58. The zero-order valence-corrected chi connectivity index (χ0v) is 10.4. The Hall–Kier alpha value is -1.22. The molecule has 0 heterocycles. The Labute approximate surface area is 93.5 Å². The molecule has 0 bridgehead atoms. The van der Waals surface area contributed by atoms with Crippen molar-refractivity contribution in [1.29, 1.82) is 0 Å². The van der Waals surface area contributed by atoms with Gasteiger partial charge in [0.05, 0.1) is 0 Å². The molecule has 15 heavy (non-hydrogen) atoms. The van der Waals surface area contributed by atoms with Crippen LogP contribution in [-0.2, 0) is 0 Å². The van der Waals surface area contributed by atoms with Crippen LogP contribution in [0.5, 0.6) is 0 Å². The Morgan fingerprint density at radius 3 is 2.13 bits per heavy atom. The van der Waals surface area contributed by atoms with Gasteiger partial charge in [-0.2, -0.15) is 0 Å². The first kappa shape index (κ1) is 13.8. The third-order valence-electron chi connectivity index (χ3n) is 2.26. The third kappa shape index (κ3) is 5.96. The van der Waals surface area contributed by atoms with Gasteiger partial charge in [-0.3, -0.25) is 0 Å².